The number of unbranched alkanes of at least 4 members (excludes halogenated alkanes) is 41. The number of carbonyl (C=O) groups is 1. The van der Waals surface area contributed by atoms with Gasteiger partial charge in [0.1, 0.15) is 0 Å². The fraction of sp³-hybridized carbons (Fsp3) is 0.979. The number of hydrogen-bond acceptors (Lipinski definition) is 2. The van der Waals surface area contributed by atoms with Gasteiger partial charge in [-0.15, -0.1) is 0 Å². The molecule has 0 atom stereocenters. The molecule has 0 bridgehead atoms. The van der Waals surface area contributed by atoms with Crippen LogP contribution in [0.15, 0.2) is 0 Å². The second-order valence-electron chi connectivity index (χ2n) is 16.5. The molecule has 0 aliphatic rings. The van der Waals surface area contributed by atoms with Gasteiger partial charge >= 0.3 is 5.97 Å². The first-order valence-corrected chi connectivity index (χ1v) is 24.0. The van der Waals surface area contributed by atoms with E-state index >= 15 is 0 Å². The van der Waals surface area contributed by atoms with Gasteiger partial charge in [-0.2, -0.15) is 0 Å². The molecular weight excluding hydrogens is 609 g/mol. The van der Waals surface area contributed by atoms with Gasteiger partial charge in [-0.25, -0.2) is 0 Å². The fourth-order valence-corrected chi connectivity index (χ4v) is 7.67. The van der Waals surface area contributed by atoms with Gasteiger partial charge in [-0.3, -0.25) is 4.79 Å². The molecule has 0 N–H and O–H groups in total. The monoisotopic (exact) mass is 705 g/mol. The van der Waals surface area contributed by atoms with Gasteiger partial charge in [0.05, 0.1) is 6.61 Å². The molecule has 50 heavy (non-hydrogen) atoms. The molecule has 0 aromatic heterocycles. The van der Waals surface area contributed by atoms with Crippen LogP contribution in [-0.4, -0.2) is 12.6 Å². The molecule has 0 unspecified atom stereocenters. The van der Waals surface area contributed by atoms with Crippen LogP contribution in [0.1, 0.15) is 296 Å². The van der Waals surface area contributed by atoms with Crippen LogP contribution in [0.25, 0.3) is 0 Å². The molecule has 300 valence electrons. The average Bonchev–Trinajstić information content (AvgIpc) is 3.12. The highest BCUT2D eigenvalue weighted by atomic mass is 16.5. The van der Waals surface area contributed by atoms with Gasteiger partial charge in [0.25, 0.3) is 0 Å². The molecule has 0 aromatic carbocycles. The number of carbonyl (C=O) groups excluding carboxylic acids is 1. The summed E-state index contributed by atoms with van der Waals surface area (Å²) < 4.78 is 5.44. The maximum atomic E-state index is 12.0. The SMILES string of the molecule is CCCCCCCCCCCCCCCCCCCCCCCCCCCCCCCCCCCC(=O)OCCCCCCCCCCCC. The number of ether oxygens (including phenoxy) is 1. The number of esters is 1. The summed E-state index contributed by atoms with van der Waals surface area (Å²) in [4.78, 5) is 12.0. The Balaban J connectivity index is 3.11. The topological polar surface area (TPSA) is 26.3 Å². The van der Waals surface area contributed by atoms with Crippen LogP contribution in [0.4, 0.5) is 0 Å². The predicted octanol–water partition coefficient (Wildman–Crippen LogP) is 17.7. The van der Waals surface area contributed by atoms with E-state index in [4.69, 9.17) is 4.74 Å². The molecular formula is C48H96O2. The maximum absolute atomic E-state index is 12.0. The third-order valence-electron chi connectivity index (χ3n) is 11.2. The van der Waals surface area contributed by atoms with Crippen LogP contribution in [0, 0.1) is 0 Å². The second-order valence-corrected chi connectivity index (χ2v) is 16.5. The predicted molar refractivity (Wildman–Crippen MR) is 225 cm³/mol. The van der Waals surface area contributed by atoms with Crippen molar-refractivity contribution in [3.8, 4) is 0 Å². The quantitative estimate of drug-likeness (QED) is 0.0466. The van der Waals surface area contributed by atoms with Crippen LogP contribution in [0.2, 0.25) is 0 Å². The number of rotatable bonds is 45. The Morgan fingerprint density at radius 1 is 0.260 bits per heavy atom. The minimum atomic E-state index is 0.0293. The van der Waals surface area contributed by atoms with Crippen molar-refractivity contribution in [1.29, 1.82) is 0 Å². The lowest BCUT2D eigenvalue weighted by Crippen LogP contribution is -2.05. The number of hydrogen-bond donors (Lipinski definition) is 0. The van der Waals surface area contributed by atoms with E-state index in [1.807, 2.05) is 0 Å². The van der Waals surface area contributed by atoms with Gasteiger partial charge < -0.3 is 4.74 Å². The maximum Gasteiger partial charge on any atom is 0.305 e. The van der Waals surface area contributed by atoms with Crippen LogP contribution in [0.3, 0.4) is 0 Å². The average molecular weight is 705 g/mol. The molecule has 0 heterocycles. The van der Waals surface area contributed by atoms with Crippen molar-refractivity contribution in [2.75, 3.05) is 6.61 Å². The molecule has 0 spiro atoms. The molecule has 2 heteroatoms. The van der Waals surface area contributed by atoms with E-state index in [9.17, 15) is 4.79 Å². The third-order valence-corrected chi connectivity index (χ3v) is 11.2. The first-order valence-electron chi connectivity index (χ1n) is 24.0. The molecule has 0 radical (unpaired) electrons. The molecule has 0 aliphatic heterocycles. The Hall–Kier alpha value is -0.530. The Kier molecular flexibility index (Phi) is 46.0. The molecule has 0 aromatic rings. The molecule has 0 saturated carbocycles. The van der Waals surface area contributed by atoms with Gasteiger partial charge in [0.15, 0.2) is 0 Å². The zero-order valence-electron chi connectivity index (χ0n) is 35.1. The summed E-state index contributed by atoms with van der Waals surface area (Å²) in [6, 6.07) is 0. The Morgan fingerprint density at radius 2 is 0.440 bits per heavy atom. The van der Waals surface area contributed by atoms with Gasteiger partial charge in [-0.1, -0.05) is 277 Å². The minimum absolute atomic E-state index is 0.0293. The van der Waals surface area contributed by atoms with E-state index in [0.29, 0.717) is 13.0 Å². The molecule has 0 rings (SSSR count). The standard InChI is InChI=1S/C48H96O2/c1-3-5-7-9-11-13-15-16-17-18-19-20-21-22-23-24-25-26-27-28-29-30-31-32-33-34-35-36-37-38-40-42-44-46-48(49)50-47-45-43-41-39-14-12-10-8-6-4-2/h3-47H2,1-2H3. The van der Waals surface area contributed by atoms with Crippen LogP contribution < -0.4 is 0 Å². The summed E-state index contributed by atoms with van der Waals surface area (Å²) in [5.74, 6) is 0.0293. The molecule has 2 nitrogen and oxygen atoms in total. The zero-order chi connectivity index (χ0) is 36.1. The summed E-state index contributed by atoms with van der Waals surface area (Å²) in [5.41, 5.74) is 0. The lowest BCUT2D eigenvalue weighted by Gasteiger charge is -2.06. The lowest BCUT2D eigenvalue weighted by molar-refractivity contribution is -0.143. The normalized spacial score (nSPS) is 11.5. The smallest absolute Gasteiger partial charge is 0.305 e. The van der Waals surface area contributed by atoms with Crippen LogP contribution in [-0.2, 0) is 9.53 Å². The molecule has 0 fully saturated rings. The Bertz CT molecular complexity index is 601. The summed E-state index contributed by atoms with van der Waals surface area (Å²) in [6.07, 6.45) is 61.0. The van der Waals surface area contributed by atoms with Crippen molar-refractivity contribution >= 4 is 5.97 Å². The van der Waals surface area contributed by atoms with Crippen molar-refractivity contribution in [3.63, 3.8) is 0 Å². The summed E-state index contributed by atoms with van der Waals surface area (Å²) in [6.45, 7) is 5.22. The van der Waals surface area contributed by atoms with E-state index in [0.717, 1.165) is 12.8 Å². The van der Waals surface area contributed by atoms with Crippen LogP contribution in [0.5, 0.6) is 0 Å². The van der Waals surface area contributed by atoms with Crippen molar-refractivity contribution in [2.24, 2.45) is 0 Å². The minimum Gasteiger partial charge on any atom is -0.466 e. The highest BCUT2D eigenvalue weighted by Crippen LogP contribution is 2.17. The van der Waals surface area contributed by atoms with Gasteiger partial charge in [-0.05, 0) is 12.8 Å². The van der Waals surface area contributed by atoms with E-state index in [1.54, 1.807) is 0 Å². The molecule has 0 saturated heterocycles. The van der Waals surface area contributed by atoms with E-state index in [2.05, 4.69) is 13.8 Å². The summed E-state index contributed by atoms with van der Waals surface area (Å²) in [7, 11) is 0. The highest BCUT2D eigenvalue weighted by molar-refractivity contribution is 5.69. The van der Waals surface area contributed by atoms with Crippen molar-refractivity contribution in [1.82, 2.24) is 0 Å². The Morgan fingerprint density at radius 3 is 0.660 bits per heavy atom. The van der Waals surface area contributed by atoms with Crippen molar-refractivity contribution < 1.29 is 9.53 Å². The largest absolute Gasteiger partial charge is 0.466 e. The first-order chi connectivity index (χ1) is 24.8. The Labute approximate surface area is 317 Å². The second kappa shape index (κ2) is 46.5. The van der Waals surface area contributed by atoms with Gasteiger partial charge in [0, 0.05) is 6.42 Å². The first kappa shape index (κ1) is 49.5. The molecule has 0 aliphatic carbocycles. The van der Waals surface area contributed by atoms with E-state index < -0.39 is 0 Å². The van der Waals surface area contributed by atoms with E-state index in [-0.39, 0.29) is 5.97 Å². The van der Waals surface area contributed by atoms with Crippen molar-refractivity contribution in [2.45, 2.75) is 296 Å². The molecule has 0 amide bonds. The third kappa shape index (κ3) is 45.5. The zero-order valence-corrected chi connectivity index (χ0v) is 35.1. The lowest BCUT2D eigenvalue weighted by atomic mass is 10.0. The van der Waals surface area contributed by atoms with E-state index in [1.165, 1.54) is 263 Å². The van der Waals surface area contributed by atoms with Crippen molar-refractivity contribution in [3.05, 3.63) is 0 Å². The summed E-state index contributed by atoms with van der Waals surface area (Å²) in [5, 5.41) is 0. The fourth-order valence-electron chi connectivity index (χ4n) is 7.67. The van der Waals surface area contributed by atoms with Crippen LogP contribution >= 0.6 is 0 Å². The van der Waals surface area contributed by atoms with Gasteiger partial charge in [0.2, 0.25) is 0 Å². The summed E-state index contributed by atoms with van der Waals surface area (Å²) >= 11 is 0. The highest BCUT2D eigenvalue weighted by Gasteiger charge is 2.03.